The van der Waals surface area contributed by atoms with Crippen molar-refractivity contribution in [2.24, 2.45) is 5.92 Å². The molecule has 0 radical (unpaired) electrons. The molecule has 0 aromatic heterocycles. The van der Waals surface area contributed by atoms with Crippen molar-refractivity contribution in [2.75, 3.05) is 39.1 Å². The number of anilines is 1. The number of nitrogen functional groups attached to an aromatic ring is 1. The Kier molecular flexibility index (Phi) is 5.44. The minimum atomic E-state index is -0.0965. The quantitative estimate of drug-likeness (QED) is 0.589. The van der Waals surface area contributed by atoms with E-state index in [0.29, 0.717) is 36.8 Å². The van der Waals surface area contributed by atoms with Gasteiger partial charge in [0, 0.05) is 20.2 Å². The minimum absolute atomic E-state index is 0.0965. The third-order valence-electron chi connectivity index (χ3n) is 3.53. The van der Waals surface area contributed by atoms with Crippen molar-refractivity contribution in [2.45, 2.75) is 19.8 Å². The van der Waals surface area contributed by atoms with Gasteiger partial charge in [0.05, 0.1) is 24.5 Å². The maximum Gasteiger partial charge on any atom is 0.257 e. The zero-order valence-electron chi connectivity index (χ0n) is 12.8. The third kappa shape index (κ3) is 4.36. The van der Waals surface area contributed by atoms with E-state index in [0.717, 1.165) is 12.5 Å². The molecule has 1 aromatic rings. The average Bonchev–Trinajstić information content (AvgIpc) is 3.29. The molecule has 0 unspecified atom stereocenters. The van der Waals surface area contributed by atoms with Gasteiger partial charge in [-0.3, -0.25) is 4.79 Å². The number of para-hydroxylation sites is 1. The summed E-state index contributed by atoms with van der Waals surface area (Å²) in [5.41, 5.74) is 6.88. The molecule has 1 amide bonds. The van der Waals surface area contributed by atoms with Crippen LogP contribution in [0.2, 0.25) is 0 Å². The summed E-state index contributed by atoms with van der Waals surface area (Å²) in [6.07, 6.45) is 2.55. The molecule has 21 heavy (non-hydrogen) atoms. The Morgan fingerprint density at radius 2 is 2.19 bits per heavy atom. The molecule has 1 saturated carbocycles. The molecule has 2 N–H and O–H groups in total. The summed E-state index contributed by atoms with van der Waals surface area (Å²) in [4.78, 5) is 14.1. The Hall–Kier alpha value is -1.75. The summed E-state index contributed by atoms with van der Waals surface area (Å²) in [6, 6.07) is 5.24. The van der Waals surface area contributed by atoms with Crippen molar-refractivity contribution < 1.29 is 14.3 Å². The lowest BCUT2D eigenvalue weighted by Crippen LogP contribution is -2.30. The molecule has 1 aliphatic rings. The third-order valence-corrected chi connectivity index (χ3v) is 3.53. The first kappa shape index (κ1) is 15.6. The Balaban J connectivity index is 1.92. The van der Waals surface area contributed by atoms with Crippen molar-refractivity contribution in [3.63, 3.8) is 0 Å². The molecule has 0 saturated heterocycles. The topological polar surface area (TPSA) is 64.8 Å². The van der Waals surface area contributed by atoms with Gasteiger partial charge >= 0.3 is 0 Å². The van der Waals surface area contributed by atoms with E-state index in [1.165, 1.54) is 12.8 Å². The number of carbonyl (C=O) groups excluding carboxylic acids is 1. The van der Waals surface area contributed by atoms with E-state index in [1.807, 2.05) is 6.92 Å². The molecule has 0 atom stereocenters. The molecule has 0 spiro atoms. The number of rotatable bonds is 8. The molecule has 1 aliphatic carbocycles. The largest absolute Gasteiger partial charge is 0.491 e. The van der Waals surface area contributed by atoms with E-state index in [4.69, 9.17) is 15.2 Å². The van der Waals surface area contributed by atoms with E-state index < -0.39 is 0 Å². The molecule has 2 rings (SSSR count). The summed E-state index contributed by atoms with van der Waals surface area (Å²) >= 11 is 0. The van der Waals surface area contributed by atoms with Crippen LogP contribution in [0.15, 0.2) is 18.2 Å². The number of benzene rings is 1. The Labute approximate surface area is 126 Å². The van der Waals surface area contributed by atoms with E-state index in [2.05, 4.69) is 0 Å². The minimum Gasteiger partial charge on any atom is -0.491 e. The van der Waals surface area contributed by atoms with Crippen molar-refractivity contribution >= 4 is 11.6 Å². The summed E-state index contributed by atoms with van der Waals surface area (Å²) in [5, 5.41) is 0. The molecular formula is C16H24N2O3. The van der Waals surface area contributed by atoms with Gasteiger partial charge in [-0.25, -0.2) is 0 Å². The maximum absolute atomic E-state index is 12.5. The highest BCUT2D eigenvalue weighted by Crippen LogP contribution is 2.29. The van der Waals surface area contributed by atoms with E-state index in [9.17, 15) is 4.79 Å². The van der Waals surface area contributed by atoms with E-state index >= 15 is 0 Å². The number of nitrogens with zero attached hydrogens (tertiary/aromatic N) is 1. The second-order valence-corrected chi connectivity index (χ2v) is 5.40. The molecule has 0 bridgehead atoms. The standard InChI is InChI=1S/C16H24N2O3/c1-3-21-15-13(5-4-6-14(15)17)16(19)18(2)9-10-20-11-12-7-8-12/h4-6,12H,3,7-11,17H2,1-2H3. The first-order valence-electron chi connectivity index (χ1n) is 7.48. The molecule has 116 valence electrons. The van der Waals surface area contributed by atoms with Gasteiger partial charge in [-0.1, -0.05) is 6.07 Å². The molecule has 0 aliphatic heterocycles. The van der Waals surface area contributed by atoms with E-state index in [1.54, 1.807) is 30.1 Å². The molecular weight excluding hydrogens is 268 g/mol. The van der Waals surface area contributed by atoms with Crippen molar-refractivity contribution in [3.05, 3.63) is 23.8 Å². The van der Waals surface area contributed by atoms with Crippen molar-refractivity contribution in [1.82, 2.24) is 4.90 Å². The van der Waals surface area contributed by atoms with Gasteiger partial charge in [0.15, 0.2) is 5.75 Å². The highest BCUT2D eigenvalue weighted by molar-refractivity contribution is 5.98. The van der Waals surface area contributed by atoms with Crippen LogP contribution in [0.3, 0.4) is 0 Å². The number of amides is 1. The molecule has 1 fully saturated rings. The number of hydrogen-bond donors (Lipinski definition) is 1. The Bertz CT molecular complexity index is 486. The van der Waals surface area contributed by atoms with Gasteiger partial charge in [-0.2, -0.15) is 0 Å². The first-order valence-corrected chi connectivity index (χ1v) is 7.48. The van der Waals surface area contributed by atoms with Crippen LogP contribution in [0.4, 0.5) is 5.69 Å². The van der Waals surface area contributed by atoms with Gasteiger partial charge < -0.3 is 20.1 Å². The summed E-state index contributed by atoms with van der Waals surface area (Å²) in [5.74, 6) is 1.11. The zero-order chi connectivity index (χ0) is 15.2. The average molecular weight is 292 g/mol. The van der Waals surface area contributed by atoms with E-state index in [-0.39, 0.29) is 5.91 Å². The normalized spacial score (nSPS) is 14.0. The van der Waals surface area contributed by atoms with Crippen LogP contribution in [0.1, 0.15) is 30.1 Å². The van der Waals surface area contributed by atoms with Crippen LogP contribution in [-0.4, -0.2) is 44.2 Å². The van der Waals surface area contributed by atoms with Gasteiger partial charge in [-0.05, 0) is 37.8 Å². The fourth-order valence-corrected chi connectivity index (χ4v) is 2.07. The number of carbonyl (C=O) groups is 1. The molecule has 1 aromatic carbocycles. The molecule has 0 heterocycles. The Morgan fingerprint density at radius 1 is 1.43 bits per heavy atom. The van der Waals surface area contributed by atoms with Gasteiger partial charge in [0.1, 0.15) is 0 Å². The fourth-order valence-electron chi connectivity index (χ4n) is 2.07. The molecule has 5 heteroatoms. The van der Waals surface area contributed by atoms with Gasteiger partial charge in [-0.15, -0.1) is 0 Å². The highest BCUT2D eigenvalue weighted by Gasteiger charge is 2.22. The first-order chi connectivity index (χ1) is 10.1. The smallest absolute Gasteiger partial charge is 0.257 e. The lowest BCUT2D eigenvalue weighted by molar-refractivity contribution is 0.0677. The van der Waals surface area contributed by atoms with Crippen LogP contribution in [0.5, 0.6) is 5.75 Å². The number of hydrogen-bond acceptors (Lipinski definition) is 4. The number of likely N-dealkylation sites (N-methyl/N-ethyl adjacent to an activating group) is 1. The zero-order valence-corrected chi connectivity index (χ0v) is 12.8. The summed E-state index contributed by atoms with van der Waals surface area (Å²) in [6.45, 7) is 4.28. The summed E-state index contributed by atoms with van der Waals surface area (Å²) in [7, 11) is 1.77. The lowest BCUT2D eigenvalue weighted by atomic mass is 10.1. The second kappa shape index (κ2) is 7.31. The SMILES string of the molecule is CCOc1c(N)cccc1C(=O)N(C)CCOCC1CC1. The second-order valence-electron chi connectivity index (χ2n) is 5.40. The maximum atomic E-state index is 12.5. The van der Waals surface area contributed by atoms with Crippen LogP contribution in [-0.2, 0) is 4.74 Å². The van der Waals surface area contributed by atoms with Crippen LogP contribution >= 0.6 is 0 Å². The summed E-state index contributed by atoms with van der Waals surface area (Å²) < 4.78 is 11.1. The lowest BCUT2D eigenvalue weighted by Gasteiger charge is -2.19. The predicted octanol–water partition coefficient (Wildman–Crippen LogP) is 2.17. The Morgan fingerprint density at radius 3 is 2.86 bits per heavy atom. The van der Waals surface area contributed by atoms with Crippen LogP contribution in [0, 0.1) is 5.92 Å². The highest BCUT2D eigenvalue weighted by atomic mass is 16.5. The fraction of sp³-hybridized carbons (Fsp3) is 0.562. The van der Waals surface area contributed by atoms with Crippen molar-refractivity contribution in [1.29, 1.82) is 0 Å². The van der Waals surface area contributed by atoms with Crippen molar-refractivity contribution in [3.8, 4) is 5.75 Å². The monoisotopic (exact) mass is 292 g/mol. The van der Waals surface area contributed by atoms with Gasteiger partial charge in [0.2, 0.25) is 0 Å². The van der Waals surface area contributed by atoms with Crippen LogP contribution < -0.4 is 10.5 Å². The number of nitrogens with two attached hydrogens (primary N) is 1. The number of ether oxygens (including phenoxy) is 2. The van der Waals surface area contributed by atoms with Crippen LogP contribution in [0.25, 0.3) is 0 Å². The van der Waals surface area contributed by atoms with Gasteiger partial charge in [0.25, 0.3) is 5.91 Å². The predicted molar refractivity (Wildman–Crippen MR) is 82.5 cm³/mol. The molecule has 5 nitrogen and oxygen atoms in total.